The van der Waals surface area contributed by atoms with Crippen LogP contribution in [0.1, 0.15) is 5.69 Å². The number of anilines is 1. The second-order valence-corrected chi connectivity index (χ2v) is 3.56. The van der Waals surface area contributed by atoms with Crippen LogP contribution in [0.15, 0.2) is 10.9 Å². The number of halogens is 1. The number of nitrogen functional groups attached to an aromatic ring is 1. The van der Waals surface area contributed by atoms with Crippen LogP contribution in [0.2, 0.25) is 0 Å². The van der Waals surface area contributed by atoms with Crippen molar-refractivity contribution in [1.29, 1.82) is 0 Å². The maximum atomic E-state index is 5.40. The van der Waals surface area contributed by atoms with Gasteiger partial charge < -0.3 is 5.73 Å². The Bertz CT molecular complexity index is 395. The van der Waals surface area contributed by atoms with Crippen molar-refractivity contribution in [2.75, 3.05) is 5.73 Å². The highest BCUT2D eigenvalue weighted by Gasteiger charge is 2.06. The van der Waals surface area contributed by atoms with Gasteiger partial charge in [0.25, 0.3) is 0 Å². The largest absolute Gasteiger partial charge is 0.366 e. The van der Waals surface area contributed by atoms with Crippen LogP contribution in [0.4, 0.5) is 5.95 Å². The Morgan fingerprint density at radius 1 is 1.62 bits per heavy atom. The van der Waals surface area contributed by atoms with Gasteiger partial charge in [-0.3, -0.25) is 0 Å². The van der Waals surface area contributed by atoms with Crippen LogP contribution in [-0.4, -0.2) is 23.5 Å². The van der Waals surface area contributed by atoms with Crippen molar-refractivity contribution >= 4 is 33.6 Å². The average molecular weight is 261 g/mol. The zero-order valence-corrected chi connectivity index (χ0v) is 8.79. The molecule has 8 heteroatoms. The molecule has 68 valence electrons. The molecule has 0 radical (unpaired) electrons. The standard InChI is InChI=1S/C5H5BrN6S/c6-4-9-5(7)10-12(4)2-3-1-8-13-11-3/h1H,2H2,(H2,7,10). The van der Waals surface area contributed by atoms with E-state index in [0.717, 1.165) is 17.4 Å². The summed E-state index contributed by atoms with van der Waals surface area (Å²) in [6.45, 7) is 0.529. The molecule has 13 heavy (non-hydrogen) atoms. The molecule has 0 bridgehead atoms. The van der Waals surface area contributed by atoms with Crippen molar-refractivity contribution in [3.8, 4) is 0 Å². The van der Waals surface area contributed by atoms with Crippen LogP contribution >= 0.6 is 27.7 Å². The van der Waals surface area contributed by atoms with Crippen molar-refractivity contribution in [3.63, 3.8) is 0 Å². The van der Waals surface area contributed by atoms with Crippen molar-refractivity contribution in [2.24, 2.45) is 0 Å². The number of rotatable bonds is 2. The number of hydrogen-bond donors (Lipinski definition) is 1. The van der Waals surface area contributed by atoms with Crippen LogP contribution in [0.5, 0.6) is 0 Å². The Labute approximate surface area is 86.2 Å². The van der Waals surface area contributed by atoms with Gasteiger partial charge in [-0.1, -0.05) is 0 Å². The molecule has 2 aromatic heterocycles. The first-order valence-corrected chi connectivity index (χ1v) is 4.90. The molecule has 2 aromatic rings. The van der Waals surface area contributed by atoms with E-state index >= 15 is 0 Å². The minimum atomic E-state index is 0.245. The molecule has 2 rings (SSSR count). The smallest absolute Gasteiger partial charge is 0.240 e. The third kappa shape index (κ3) is 1.83. The fraction of sp³-hybridized carbons (Fsp3) is 0.200. The van der Waals surface area contributed by atoms with Crippen LogP contribution in [0, 0.1) is 0 Å². The van der Waals surface area contributed by atoms with E-state index in [0.29, 0.717) is 11.3 Å². The molecule has 0 fully saturated rings. The van der Waals surface area contributed by atoms with E-state index in [-0.39, 0.29) is 5.95 Å². The third-order valence-corrected chi connectivity index (χ3v) is 2.46. The zero-order valence-electron chi connectivity index (χ0n) is 6.38. The predicted molar refractivity (Wildman–Crippen MR) is 51.1 cm³/mol. The lowest BCUT2D eigenvalue weighted by molar-refractivity contribution is 0.661. The SMILES string of the molecule is Nc1nc(Br)n(Cc2cnsn2)n1. The zero-order chi connectivity index (χ0) is 9.26. The van der Waals surface area contributed by atoms with Crippen molar-refractivity contribution in [2.45, 2.75) is 6.54 Å². The highest BCUT2D eigenvalue weighted by atomic mass is 79.9. The summed E-state index contributed by atoms with van der Waals surface area (Å²) in [5, 5.41) is 3.96. The lowest BCUT2D eigenvalue weighted by Gasteiger charge is -1.95. The lowest BCUT2D eigenvalue weighted by atomic mass is 10.5. The summed E-state index contributed by atoms with van der Waals surface area (Å²) in [4.78, 5) is 3.89. The summed E-state index contributed by atoms with van der Waals surface area (Å²) >= 11 is 4.39. The maximum absolute atomic E-state index is 5.40. The van der Waals surface area contributed by atoms with E-state index in [9.17, 15) is 0 Å². The second kappa shape index (κ2) is 3.38. The normalized spacial score (nSPS) is 10.5. The molecular weight excluding hydrogens is 256 g/mol. The monoisotopic (exact) mass is 260 g/mol. The molecule has 2 N–H and O–H groups in total. The molecule has 0 spiro atoms. The number of nitrogens with two attached hydrogens (primary N) is 1. The minimum Gasteiger partial charge on any atom is -0.366 e. The van der Waals surface area contributed by atoms with Crippen LogP contribution < -0.4 is 5.73 Å². The molecule has 6 nitrogen and oxygen atoms in total. The van der Waals surface area contributed by atoms with Crippen LogP contribution in [-0.2, 0) is 6.54 Å². The fourth-order valence-electron chi connectivity index (χ4n) is 0.847. The minimum absolute atomic E-state index is 0.245. The Balaban J connectivity index is 2.23. The topological polar surface area (TPSA) is 82.5 Å². The number of aromatic nitrogens is 5. The van der Waals surface area contributed by atoms with Gasteiger partial charge >= 0.3 is 0 Å². The molecule has 0 amide bonds. The van der Waals surface area contributed by atoms with Crippen LogP contribution in [0.25, 0.3) is 0 Å². The first-order valence-electron chi connectivity index (χ1n) is 3.38. The Hall–Kier alpha value is -1.02. The summed E-state index contributed by atoms with van der Waals surface area (Å²) in [7, 11) is 0. The summed E-state index contributed by atoms with van der Waals surface area (Å²) in [6, 6.07) is 0. The van der Waals surface area contributed by atoms with E-state index in [2.05, 4.69) is 34.8 Å². The highest BCUT2D eigenvalue weighted by molar-refractivity contribution is 9.10. The second-order valence-electron chi connectivity index (χ2n) is 2.30. The molecule has 0 saturated carbocycles. The molecule has 0 saturated heterocycles. The Kier molecular flexibility index (Phi) is 2.23. The van der Waals surface area contributed by atoms with E-state index < -0.39 is 0 Å². The Morgan fingerprint density at radius 3 is 3.00 bits per heavy atom. The number of nitrogens with zero attached hydrogens (tertiary/aromatic N) is 5. The van der Waals surface area contributed by atoms with Gasteiger partial charge in [0.1, 0.15) is 0 Å². The fourth-order valence-corrected chi connectivity index (χ4v) is 1.66. The van der Waals surface area contributed by atoms with Gasteiger partial charge in [0.2, 0.25) is 5.95 Å². The summed E-state index contributed by atoms with van der Waals surface area (Å²) in [5.74, 6) is 0.245. The number of hydrogen-bond acceptors (Lipinski definition) is 6. The summed E-state index contributed by atoms with van der Waals surface area (Å²) in [5.41, 5.74) is 6.25. The predicted octanol–water partition coefficient (Wildman–Crippen LogP) is 0.523. The molecule has 0 aromatic carbocycles. The molecule has 2 heterocycles. The van der Waals surface area contributed by atoms with Crippen LogP contribution in [0.3, 0.4) is 0 Å². The van der Waals surface area contributed by atoms with E-state index in [1.807, 2.05) is 0 Å². The molecule has 0 aliphatic rings. The van der Waals surface area contributed by atoms with Crippen molar-refractivity contribution < 1.29 is 0 Å². The van der Waals surface area contributed by atoms with Gasteiger partial charge in [0.15, 0.2) is 4.73 Å². The molecule has 0 atom stereocenters. The van der Waals surface area contributed by atoms with Gasteiger partial charge in [-0.2, -0.15) is 13.7 Å². The Morgan fingerprint density at radius 2 is 2.46 bits per heavy atom. The van der Waals surface area contributed by atoms with Gasteiger partial charge in [-0.05, 0) is 15.9 Å². The molecule has 0 unspecified atom stereocenters. The molecule has 0 aliphatic heterocycles. The maximum Gasteiger partial charge on any atom is 0.240 e. The van der Waals surface area contributed by atoms with Gasteiger partial charge in [-0.15, -0.1) is 5.10 Å². The summed E-state index contributed by atoms with van der Waals surface area (Å²) in [6.07, 6.45) is 1.69. The highest BCUT2D eigenvalue weighted by Crippen LogP contribution is 2.09. The van der Waals surface area contributed by atoms with E-state index in [4.69, 9.17) is 5.73 Å². The van der Waals surface area contributed by atoms with Gasteiger partial charge in [0.05, 0.1) is 30.2 Å². The van der Waals surface area contributed by atoms with Gasteiger partial charge in [0, 0.05) is 0 Å². The lowest BCUT2D eigenvalue weighted by Crippen LogP contribution is -2.02. The van der Waals surface area contributed by atoms with E-state index in [1.165, 1.54) is 0 Å². The first-order chi connectivity index (χ1) is 6.25. The first kappa shape index (κ1) is 8.57. The molecule has 0 aliphatic carbocycles. The van der Waals surface area contributed by atoms with E-state index in [1.54, 1.807) is 10.9 Å². The summed E-state index contributed by atoms with van der Waals surface area (Å²) < 4.78 is 10.1. The quantitative estimate of drug-likeness (QED) is 0.852. The van der Waals surface area contributed by atoms with Gasteiger partial charge in [-0.25, -0.2) is 4.68 Å². The van der Waals surface area contributed by atoms with Crippen molar-refractivity contribution in [1.82, 2.24) is 23.5 Å². The molecular formula is C5H5BrN6S. The van der Waals surface area contributed by atoms with Crippen molar-refractivity contribution in [3.05, 3.63) is 16.6 Å². The average Bonchev–Trinajstić information content (AvgIpc) is 2.63. The third-order valence-electron chi connectivity index (χ3n) is 1.36.